The third kappa shape index (κ3) is 5.50. The second-order valence-corrected chi connectivity index (χ2v) is 7.65. The number of carbonyl (C=O) groups is 2. The number of hydrogen-bond donors (Lipinski definition) is 0. The van der Waals surface area contributed by atoms with E-state index in [0.717, 1.165) is 37.9 Å². The molecule has 3 rings (SSSR count). The van der Waals surface area contributed by atoms with Gasteiger partial charge in [-0.1, -0.05) is 12.8 Å². The van der Waals surface area contributed by atoms with Gasteiger partial charge in [0.2, 0.25) is 0 Å². The monoisotopic (exact) mass is 435 g/mol. The van der Waals surface area contributed by atoms with Gasteiger partial charge in [0, 0.05) is 26.1 Å². The van der Waals surface area contributed by atoms with Gasteiger partial charge in [-0.2, -0.15) is 10.5 Å². The quantitative estimate of drug-likeness (QED) is 0.610. The average Bonchev–Trinajstić information content (AvgIpc) is 2.78. The first-order valence-electron chi connectivity index (χ1n) is 10.8. The lowest BCUT2D eigenvalue weighted by atomic mass is 10.1. The molecular weight excluding hydrogens is 410 g/mol. The van der Waals surface area contributed by atoms with Crippen molar-refractivity contribution in [1.82, 2.24) is 14.5 Å². The highest BCUT2D eigenvalue weighted by atomic mass is 16.5. The smallest absolute Gasteiger partial charge is 0.338 e. The molecule has 9 nitrogen and oxygen atoms in total. The first-order chi connectivity index (χ1) is 15.5. The summed E-state index contributed by atoms with van der Waals surface area (Å²) >= 11 is 0. The summed E-state index contributed by atoms with van der Waals surface area (Å²) in [6.07, 6.45) is 5.08. The van der Waals surface area contributed by atoms with Crippen LogP contribution >= 0.6 is 0 Å². The standard InChI is InChI=1S/C23H25N5O4/c24-10-5-12-27(13-6-11-25)21(29)16-32-23(31)17-8-9-18-19(15-17)26-20-7-3-1-2-4-14-28(20)22(18)30/h8-9,15H,1-7,12-14,16H2. The molecule has 0 bridgehead atoms. The van der Waals surface area contributed by atoms with E-state index in [0.29, 0.717) is 17.4 Å². The summed E-state index contributed by atoms with van der Waals surface area (Å²) in [6.45, 7) is 0.498. The summed E-state index contributed by atoms with van der Waals surface area (Å²) in [6, 6.07) is 8.49. The van der Waals surface area contributed by atoms with Crippen LogP contribution in [-0.2, 0) is 22.5 Å². The number of carbonyl (C=O) groups excluding carboxylic acids is 2. The first kappa shape index (κ1) is 23.0. The maximum Gasteiger partial charge on any atom is 0.338 e. The molecule has 0 saturated carbocycles. The third-order valence-electron chi connectivity index (χ3n) is 5.47. The van der Waals surface area contributed by atoms with Gasteiger partial charge in [-0.05, 0) is 31.0 Å². The fraction of sp³-hybridized carbons (Fsp3) is 0.478. The molecule has 166 valence electrons. The average molecular weight is 435 g/mol. The molecule has 0 aliphatic carbocycles. The largest absolute Gasteiger partial charge is 0.452 e. The van der Waals surface area contributed by atoms with Crippen molar-refractivity contribution in [3.05, 3.63) is 39.9 Å². The molecule has 1 aromatic carbocycles. The van der Waals surface area contributed by atoms with E-state index < -0.39 is 18.5 Å². The molecule has 0 unspecified atom stereocenters. The van der Waals surface area contributed by atoms with Crippen molar-refractivity contribution < 1.29 is 14.3 Å². The zero-order valence-electron chi connectivity index (χ0n) is 17.9. The second-order valence-electron chi connectivity index (χ2n) is 7.65. The summed E-state index contributed by atoms with van der Waals surface area (Å²) in [5.41, 5.74) is 0.536. The van der Waals surface area contributed by atoms with Gasteiger partial charge in [0.05, 0.1) is 41.4 Å². The molecule has 0 fully saturated rings. The number of amides is 1. The van der Waals surface area contributed by atoms with Crippen LogP contribution in [0, 0.1) is 22.7 Å². The van der Waals surface area contributed by atoms with Crippen LogP contribution in [0.25, 0.3) is 10.9 Å². The van der Waals surface area contributed by atoms with E-state index in [4.69, 9.17) is 15.3 Å². The Bertz CT molecular complexity index is 1120. The van der Waals surface area contributed by atoms with Crippen LogP contribution in [0.3, 0.4) is 0 Å². The SMILES string of the molecule is N#CCCN(CCC#N)C(=O)COC(=O)c1ccc2c(=O)n3c(nc2c1)CCCCCC3. The van der Waals surface area contributed by atoms with Gasteiger partial charge in [-0.3, -0.25) is 14.2 Å². The van der Waals surface area contributed by atoms with Gasteiger partial charge >= 0.3 is 5.97 Å². The van der Waals surface area contributed by atoms with E-state index in [2.05, 4.69) is 4.98 Å². The zero-order valence-corrected chi connectivity index (χ0v) is 17.9. The Morgan fingerprint density at radius 1 is 1.09 bits per heavy atom. The van der Waals surface area contributed by atoms with Gasteiger partial charge in [-0.25, -0.2) is 9.78 Å². The number of nitrogens with zero attached hydrogens (tertiary/aromatic N) is 5. The number of aromatic nitrogens is 2. The van der Waals surface area contributed by atoms with Crippen LogP contribution in [0.1, 0.15) is 54.7 Å². The van der Waals surface area contributed by atoms with E-state index in [9.17, 15) is 14.4 Å². The van der Waals surface area contributed by atoms with E-state index in [1.165, 1.54) is 17.0 Å². The molecule has 9 heteroatoms. The number of benzene rings is 1. The Morgan fingerprint density at radius 2 is 1.81 bits per heavy atom. The maximum absolute atomic E-state index is 12.9. The predicted molar refractivity (Wildman–Crippen MR) is 115 cm³/mol. The van der Waals surface area contributed by atoms with Crippen LogP contribution in [-0.4, -0.2) is 46.0 Å². The van der Waals surface area contributed by atoms with Gasteiger partial charge < -0.3 is 9.64 Å². The fourth-order valence-electron chi connectivity index (χ4n) is 3.76. The lowest BCUT2D eigenvalue weighted by molar-refractivity contribution is -0.134. The van der Waals surface area contributed by atoms with Crippen LogP contribution in [0.2, 0.25) is 0 Å². The molecule has 2 aromatic rings. The minimum absolute atomic E-state index is 0.104. The van der Waals surface area contributed by atoms with Crippen LogP contribution in [0.4, 0.5) is 0 Å². The van der Waals surface area contributed by atoms with Crippen molar-refractivity contribution in [3.8, 4) is 12.1 Å². The van der Waals surface area contributed by atoms with Gasteiger partial charge in [0.15, 0.2) is 6.61 Å². The van der Waals surface area contributed by atoms with Crippen LogP contribution in [0.15, 0.2) is 23.0 Å². The number of hydrogen-bond acceptors (Lipinski definition) is 7. The number of esters is 1. The molecule has 1 amide bonds. The molecule has 0 N–H and O–H groups in total. The highest BCUT2D eigenvalue weighted by Gasteiger charge is 2.18. The van der Waals surface area contributed by atoms with E-state index in [1.54, 1.807) is 10.6 Å². The fourth-order valence-corrected chi connectivity index (χ4v) is 3.76. The lowest BCUT2D eigenvalue weighted by Gasteiger charge is -2.20. The first-order valence-corrected chi connectivity index (χ1v) is 10.8. The third-order valence-corrected chi connectivity index (χ3v) is 5.47. The molecule has 0 spiro atoms. The predicted octanol–water partition coefficient (Wildman–Crippen LogP) is 2.33. The van der Waals surface area contributed by atoms with Crippen LogP contribution in [0.5, 0.6) is 0 Å². The summed E-state index contributed by atoms with van der Waals surface area (Å²) < 4.78 is 6.88. The Hall–Kier alpha value is -3.72. The molecule has 32 heavy (non-hydrogen) atoms. The van der Waals surface area contributed by atoms with Crippen molar-refractivity contribution in [1.29, 1.82) is 10.5 Å². The number of rotatable bonds is 7. The zero-order chi connectivity index (χ0) is 22.9. The van der Waals surface area contributed by atoms with Crippen molar-refractivity contribution in [2.75, 3.05) is 19.7 Å². The second kappa shape index (κ2) is 11.1. The topological polar surface area (TPSA) is 129 Å². The van der Waals surface area contributed by atoms with E-state index in [1.807, 2.05) is 12.1 Å². The summed E-state index contributed by atoms with van der Waals surface area (Å²) in [4.78, 5) is 43.7. The summed E-state index contributed by atoms with van der Waals surface area (Å²) in [5, 5.41) is 17.9. The van der Waals surface area contributed by atoms with Crippen molar-refractivity contribution in [2.45, 2.75) is 51.5 Å². The van der Waals surface area contributed by atoms with Crippen molar-refractivity contribution in [3.63, 3.8) is 0 Å². The van der Waals surface area contributed by atoms with E-state index >= 15 is 0 Å². The van der Waals surface area contributed by atoms with Gasteiger partial charge in [0.1, 0.15) is 5.82 Å². The Labute approximate surface area is 185 Å². The lowest BCUT2D eigenvalue weighted by Crippen LogP contribution is -2.36. The molecule has 1 aliphatic rings. The number of ether oxygens (including phenoxy) is 1. The minimum atomic E-state index is -0.700. The van der Waals surface area contributed by atoms with Gasteiger partial charge in [0.25, 0.3) is 11.5 Å². The van der Waals surface area contributed by atoms with Crippen molar-refractivity contribution >= 4 is 22.8 Å². The summed E-state index contributed by atoms with van der Waals surface area (Å²) in [7, 11) is 0. The molecular formula is C23H25N5O4. The van der Waals surface area contributed by atoms with Gasteiger partial charge in [-0.15, -0.1) is 0 Å². The van der Waals surface area contributed by atoms with Crippen LogP contribution < -0.4 is 5.56 Å². The minimum Gasteiger partial charge on any atom is -0.452 e. The van der Waals surface area contributed by atoms with E-state index in [-0.39, 0.29) is 37.1 Å². The Kier molecular flexibility index (Phi) is 7.93. The number of fused-ring (bicyclic) bond motifs is 2. The number of nitriles is 2. The van der Waals surface area contributed by atoms with Crippen molar-refractivity contribution in [2.24, 2.45) is 0 Å². The summed E-state index contributed by atoms with van der Waals surface area (Å²) in [5.74, 6) is -0.440. The maximum atomic E-state index is 12.9. The highest BCUT2D eigenvalue weighted by Crippen LogP contribution is 2.17. The normalized spacial score (nSPS) is 13.2. The number of aryl methyl sites for hydroxylation is 1. The molecule has 1 aromatic heterocycles. The molecule has 1 aliphatic heterocycles. The Balaban J connectivity index is 1.74. The Morgan fingerprint density at radius 3 is 2.53 bits per heavy atom. The molecule has 2 heterocycles. The molecule has 0 radical (unpaired) electrons. The molecule has 0 atom stereocenters. The molecule has 0 saturated heterocycles. The highest BCUT2D eigenvalue weighted by molar-refractivity contribution is 5.95.